The van der Waals surface area contributed by atoms with Crippen molar-refractivity contribution in [3.63, 3.8) is 0 Å². The van der Waals surface area contributed by atoms with Gasteiger partial charge in [-0.25, -0.2) is 0 Å². The summed E-state index contributed by atoms with van der Waals surface area (Å²) in [5.41, 5.74) is -0.397. The summed E-state index contributed by atoms with van der Waals surface area (Å²) >= 11 is 0. The smallest absolute Gasteiger partial charge is 0.283 e. The molecule has 0 spiro atoms. The minimum atomic E-state index is -0.397. The zero-order valence-corrected chi connectivity index (χ0v) is 3.42. The van der Waals surface area contributed by atoms with Crippen molar-refractivity contribution in [2.24, 2.45) is 0 Å². The highest BCUT2D eigenvalue weighted by Gasteiger charge is 1.75. The maximum atomic E-state index is 10.0. The lowest BCUT2D eigenvalue weighted by atomic mass is 10.7. The molecule has 0 bridgehead atoms. The van der Waals surface area contributed by atoms with Gasteiger partial charge in [0.15, 0.2) is 6.39 Å². The van der Waals surface area contributed by atoms with Crippen LogP contribution in [0.5, 0.6) is 0 Å². The molecular formula is C4H2NO2. The van der Waals surface area contributed by atoms with Crippen molar-refractivity contribution in [3.8, 4) is 0 Å². The second kappa shape index (κ2) is 1.55. The molecular weight excluding hydrogens is 94.0 g/mol. The summed E-state index contributed by atoms with van der Waals surface area (Å²) in [6, 6.07) is 2.20. The van der Waals surface area contributed by atoms with E-state index in [1.165, 1.54) is 0 Å². The zero-order valence-electron chi connectivity index (χ0n) is 3.42. The molecule has 0 amide bonds. The van der Waals surface area contributed by atoms with Crippen LogP contribution in [-0.2, 0) is 0 Å². The van der Waals surface area contributed by atoms with E-state index in [2.05, 4.69) is 15.5 Å². The van der Waals surface area contributed by atoms with E-state index in [-0.39, 0.29) is 0 Å². The van der Waals surface area contributed by atoms with Gasteiger partial charge in [-0.05, 0) is 0 Å². The molecule has 0 aliphatic carbocycles. The van der Waals surface area contributed by atoms with Gasteiger partial charge in [-0.3, -0.25) is 4.79 Å². The Kier molecular flexibility index (Phi) is 0.898. The van der Waals surface area contributed by atoms with Crippen LogP contribution in [0.2, 0.25) is 0 Å². The predicted octanol–water partition coefficient (Wildman–Crippen LogP) is -0.165. The monoisotopic (exact) mass is 96.0 g/mol. The van der Waals surface area contributed by atoms with E-state index in [0.717, 1.165) is 12.7 Å². The highest BCUT2D eigenvalue weighted by atomic mass is 16.3. The Labute approximate surface area is 39.6 Å². The number of rotatable bonds is 0. The molecule has 3 nitrogen and oxygen atoms in total. The molecule has 3 heteroatoms. The van der Waals surface area contributed by atoms with Crippen molar-refractivity contribution >= 4 is 0 Å². The molecule has 1 aromatic rings. The van der Waals surface area contributed by atoms with Crippen molar-refractivity contribution in [3.05, 3.63) is 29.1 Å². The summed E-state index contributed by atoms with van der Waals surface area (Å²) in [5, 5.41) is 0. The van der Waals surface area contributed by atoms with Gasteiger partial charge in [0, 0.05) is 0 Å². The van der Waals surface area contributed by atoms with Crippen LogP contribution in [0.4, 0.5) is 0 Å². The first-order valence-corrected chi connectivity index (χ1v) is 1.70. The van der Waals surface area contributed by atoms with Crippen LogP contribution in [-0.4, -0.2) is 4.98 Å². The van der Waals surface area contributed by atoms with Gasteiger partial charge >= 0.3 is 0 Å². The Morgan fingerprint density at radius 1 is 1.86 bits per heavy atom. The highest BCUT2D eigenvalue weighted by Crippen LogP contribution is 1.65. The number of nitrogens with zero attached hydrogens (tertiary/aromatic N) is 1. The van der Waals surface area contributed by atoms with Crippen LogP contribution in [0.1, 0.15) is 0 Å². The molecule has 0 N–H and O–H groups in total. The summed E-state index contributed by atoms with van der Waals surface area (Å²) in [6.45, 7) is 0. The Hall–Kier alpha value is -1.12. The predicted molar refractivity (Wildman–Crippen MR) is 21.6 cm³/mol. The average molecular weight is 96.1 g/mol. The van der Waals surface area contributed by atoms with Crippen molar-refractivity contribution < 1.29 is 4.42 Å². The standard InChI is InChI=1S/C4H2NO2/c6-4-1-2-7-3-5-4/h2-3H. The van der Waals surface area contributed by atoms with E-state index < -0.39 is 5.56 Å². The van der Waals surface area contributed by atoms with Gasteiger partial charge in [0.2, 0.25) is 0 Å². The highest BCUT2D eigenvalue weighted by molar-refractivity contribution is 4.69. The van der Waals surface area contributed by atoms with Gasteiger partial charge < -0.3 is 4.42 Å². The Bertz CT molecular complexity index is 175. The van der Waals surface area contributed by atoms with Gasteiger partial charge in [0.05, 0.1) is 6.07 Å². The van der Waals surface area contributed by atoms with Crippen LogP contribution in [0.15, 0.2) is 21.9 Å². The van der Waals surface area contributed by atoms with Gasteiger partial charge in [-0.15, -0.1) is 0 Å². The molecule has 0 unspecified atom stereocenters. The number of hydrogen-bond donors (Lipinski definition) is 0. The fraction of sp³-hybridized carbons (Fsp3) is 0. The average Bonchev–Trinajstić information content (AvgIpc) is 1.69. The molecule has 7 heavy (non-hydrogen) atoms. The first kappa shape index (κ1) is 4.05. The third kappa shape index (κ3) is 0.855. The van der Waals surface area contributed by atoms with Gasteiger partial charge in [0.1, 0.15) is 6.26 Å². The summed E-state index contributed by atoms with van der Waals surface area (Å²) in [6.07, 6.45) is 2.23. The topological polar surface area (TPSA) is 43.1 Å². The molecule has 1 rings (SSSR count). The summed E-state index contributed by atoms with van der Waals surface area (Å²) < 4.78 is 4.39. The molecule has 0 aliphatic heterocycles. The fourth-order valence-electron chi connectivity index (χ4n) is 0.230. The number of hydrogen-bond acceptors (Lipinski definition) is 3. The Balaban J connectivity index is 3.28. The van der Waals surface area contributed by atoms with E-state index in [4.69, 9.17) is 0 Å². The molecule has 35 valence electrons. The largest absolute Gasteiger partial charge is 0.452 e. The van der Waals surface area contributed by atoms with Crippen molar-refractivity contribution in [2.45, 2.75) is 0 Å². The lowest BCUT2D eigenvalue weighted by Gasteiger charge is -1.71. The second-order valence-corrected chi connectivity index (χ2v) is 0.938. The summed E-state index contributed by atoms with van der Waals surface area (Å²) in [4.78, 5) is 13.2. The number of aromatic nitrogens is 1. The minimum Gasteiger partial charge on any atom is -0.452 e. The van der Waals surface area contributed by atoms with Gasteiger partial charge in [0.25, 0.3) is 5.56 Å². The third-order valence-electron chi connectivity index (χ3n) is 0.481. The first-order valence-electron chi connectivity index (χ1n) is 1.70. The molecule has 0 atom stereocenters. The molecule has 0 saturated carbocycles. The molecule has 1 radical (unpaired) electrons. The summed E-state index contributed by atoms with van der Waals surface area (Å²) in [7, 11) is 0. The minimum absolute atomic E-state index is 0.397. The van der Waals surface area contributed by atoms with Crippen LogP contribution in [0, 0.1) is 6.07 Å². The van der Waals surface area contributed by atoms with Crippen LogP contribution >= 0.6 is 0 Å². The van der Waals surface area contributed by atoms with Crippen LogP contribution in [0.3, 0.4) is 0 Å². The van der Waals surface area contributed by atoms with E-state index in [1.54, 1.807) is 0 Å². The van der Waals surface area contributed by atoms with Gasteiger partial charge in [-0.2, -0.15) is 4.98 Å². The molecule has 0 fully saturated rings. The van der Waals surface area contributed by atoms with E-state index >= 15 is 0 Å². The second-order valence-electron chi connectivity index (χ2n) is 0.938. The normalized spacial score (nSPS) is 8.57. The van der Waals surface area contributed by atoms with Crippen molar-refractivity contribution in [2.75, 3.05) is 0 Å². The Morgan fingerprint density at radius 3 is 3.00 bits per heavy atom. The molecule has 0 aromatic carbocycles. The van der Waals surface area contributed by atoms with Gasteiger partial charge in [-0.1, -0.05) is 0 Å². The lowest BCUT2D eigenvalue weighted by molar-refractivity contribution is 0.522. The molecule has 1 aromatic heterocycles. The maximum absolute atomic E-state index is 10.0. The fourth-order valence-corrected chi connectivity index (χ4v) is 0.230. The van der Waals surface area contributed by atoms with Crippen LogP contribution < -0.4 is 5.56 Å². The molecule has 1 heterocycles. The molecule has 0 saturated heterocycles. The zero-order chi connectivity index (χ0) is 5.11. The SMILES string of the molecule is O=c1[c]cocn1. The summed E-state index contributed by atoms with van der Waals surface area (Å²) in [5.74, 6) is 0. The van der Waals surface area contributed by atoms with Crippen LogP contribution in [0.25, 0.3) is 0 Å². The third-order valence-corrected chi connectivity index (χ3v) is 0.481. The van der Waals surface area contributed by atoms with E-state index in [1.807, 2.05) is 0 Å². The Morgan fingerprint density at radius 2 is 2.71 bits per heavy atom. The first-order chi connectivity index (χ1) is 3.39. The van der Waals surface area contributed by atoms with E-state index in [0.29, 0.717) is 0 Å². The van der Waals surface area contributed by atoms with E-state index in [9.17, 15) is 4.79 Å². The van der Waals surface area contributed by atoms with Crippen molar-refractivity contribution in [1.29, 1.82) is 0 Å². The quantitative estimate of drug-likeness (QED) is 0.450. The lowest BCUT2D eigenvalue weighted by Crippen LogP contribution is -1.99. The molecule has 0 aliphatic rings. The maximum Gasteiger partial charge on any atom is 0.283 e. The van der Waals surface area contributed by atoms with Crippen molar-refractivity contribution in [1.82, 2.24) is 4.98 Å².